The molecule has 0 radical (unpaired) electrons. The Morgan fingerprint density at radius 2 is 2.31 bits per heavy atom. The zero-order chi connectivity index (χ0) is 11.4. The van der Waals surface area contributed by atoms with Gasteiger partial charge in [-0.1, -0.05) is 5.21 Å². The van der Waals surface area contributed by atoms with E-state index in [0.717, 1.165) is 30.8 Å². The van der Waals surface area contributed by atoms with Gasteiger partial charge < -0.3 is 5.73 Å². The average Bonchev–Trinajstić information content (AvgIpc) is 2.86. The van der Waals surface area contributed by atoms with Crippen LogP contribution in [0.5, 0.6) is 0 Å². The minimum Gasteiger partial charge on any atom is -0.330 e. The third-order valence-electron chi connectivity index (χ3n) is 2.40. The summed E-state index contributed by atoms with van der Waals surface area (Å²) in [6, 6.07) is 0. The van der Waals surface area contributed by atoms with Crippen LogP contribution in [0.2, 0.25) is 0 Å². The second-order valence-electron chi connectivity index (χ2n) is 3.62. The van der Waals surface area contributed by atoms with E-state index < -0.39 is 0 Å². The highest BCUT2D eigenvalue weighted by Gasteiger charge is 2.03. The summed E-state index contributed by atoms with van der Waals surface area (Å²) in [6.07, 6.45) is 3.71. The molecular weight excluding hydrogens is 222 g/mol. The summed E-state index contributed by atoms with van der Waals surface area (Å²) < 4.78 is 1.87. The van der Waals surface area contributed by atoms with Crippen molar-refractivity contribution in [3.8, 4) is 0 Å². The lowest BCUT2D eigenvalue weighted by molar-refractivity contribution is 0.591. The molecule has 5 nitrogen and oxygen atoms in total. The van der Waals surface area contributed by atoms with Crippen LogP contribution in [0.1, 0.15) is 16.3 Å². The summed E-state index contributed by atoms with van der Waals surface area (Å²) in [5.41, 5.74) is 9.42. The number of nitrogens with two attached hydrogens (primary N) is 1. The predicted molar refractivity (Wildman–Crippen MR) is 63.3 cm³/mol. The highest BCUT2D eigenvalue weighted by Crippen LogP contribution is 2.13. The van der Waals surface area contributed by atoms with Crippen molar-refractivity contribution in [2.75, 3.05) is 6.54 Å². The van der Waals surface area contributed by atoms with Gasteiger partial charge in [-0.25, -0.2) is 4.98 Å². The molecule has 0 atom stereocenters. The van der Waals surface area contributed by atoms with E-state index in [9.17, 15) is 0 Å². The molecule has 0 amide bonds. The SMILES string of the molecule is Cc1ncsc1CCn1cc(CCN)nn1. The van der Waals surface area contributed by atoms with Crippen LogP contribution in [0, 0.1) is 6.92 Å². The minimum absolute atomic E-state index is 0.618. The molecule has 0 aliphatic rings. The fraction of sp³-hybridized carbons (Fsp3) is 0.500. The number of rotatable bonds is 5. The first kappa shape index (κ1) is 11.2. The predicted octanol–water partition coefficient (Wildman–Crippen LogP) is 0.787. The molecule has 0 aliphatic heterocycles. The second-order valence-corrected chi connectivity index (χ2v) is 4.56. The van der Waals surface area contributed by atoms with Gasteiger partial charge in [0.15, 0.2) is 0 Å². The molecule has 2 aromatic rings. The van der Waals surface area contributed by atoms with Gasteiger partial charge in [0, 0.05) is 30.5 Å². The van der Waals surface area contributed by atoms with Crippen molar-refractivity contribution in [1.29, 1.82) is 0 Å². The fourth-order valence-corrected chi connectivity index (χ4v) is 2.26. The number of hydrogen-bond donors (Lipinski definition) is 1. The number of thiazole rings is 1. The Balaban J connectivity index is 1.92. The van der Waals surface area contributed by atoms with Crippen molar-refractivity contribution in [2.45, 2.75) is 26.3 Å². The van der Waals surface area contributed by atoms with Crippen LogP contribution < -0.4 is 5.73 Å². The Morgan fingerprint density at radius 1 is 1.44 bits per heavy atom. The maximum Gasteiger partial charge on any atom is 0.0839 e. The van der Waals surface area contributed by atoms with Gasteiger partial charge in [0.25, 0.3) is 0 Å². The first-order valence-electron chi connectivity index (χ1n) is 5.27. The Morgan fingerprint density at radius 3 is 3.00 bits per heavy atom. The molecule has 0 bridgehead atoms. The maximum atomic E-state index is 5.46. The lowest BCUT2D eigenvalue weighted by Crippen LogP contribution is -2.03. The van der Waals surface area contributed by atoms with Crippen LogP contribution in [0.4, 0.5) is 0 Å². The van der Waals surface area contributed by atoms with Crippen LogP contribution >= 0.6 is 11.3 Å². The van der Waals surface area contributed by atoms with Gasteiger partial charge in [0.05, 0.1) is 16.9 Å². The molecule has 16 heavy (non-hydrogen) atoms. The topological polar surface area (TPSA) is 69.6 Å². The van der Waals surface area contributed by atoms with Crippen molar-refractivity contribution in [1.82, 2.24) is 20.0 Å². The summed E-state index contributed by atoms with van der Waals surface area (Å²) in [5.74, 6) is 0. The third-order valence-corrected chi connectivity index (χ3v) is 3.39. The Hall–Kier alpha value is -1.27. The van der Waals surface area contributed by atoms with E-state index in [0.29, 0.717) is 6.54 Å². The molecule has 0 aromatic carbocycles. The van der Waals surface area contributed by atoms with E-state index in [1.807, 2.05) is 23.3 Å². The summed E-state index contributed by atoms with van der Waals surface area (Å²) in [4.78, 5) is 5.54. The molecule has 0 aliphatic carbocycles. The maximum absolute atomic E-state index is 5.46. The molecule has 6 heteroatoms. The summed E-state index contributed by atoms with van der Waals surface area (Å²) in [7, 11) is 0. The molecule has 0 saturated heterocycles. The number of hydrogen-bond acceptors (Lipinski definition) is 5. The van der Waals surface area contributed by atoms with Crippen LogP contribution in [0.15, 0.2) is 11.7 Å². The standard InChI is InChI=1S/C10H15N5S/c1-8-10(16-7-12-8)3-5-15-6-9(2-4-11)13-14-15/h6-7H,2-5,11H2,1H3. The van der Waals surface area contributed by atoms with Crippen molar-refractivity contribution < 1.29 is 0 Å². The van der Waals surface area contributed by atoms with Crippen LogP contribution in [0.3, 0.4) is 0 Å². The molecule has 86 valence electrons. The second kappa shape index (κ2) is 5.18. The van der Waals surface area contributed by atoms with E-state index in [2.05, 4.69) is 15.3 Å². The molecular formula is C10H15N5S. The van der Waals surface area contributed by atoms with Gasteiger partial charge in [-0.05, 0) is 13.5 Å². The molecule has 0 saturated carbocycles. The normalized spacial score (nSPS) is 10.9. The van der Waals surface area contributed by atoms with Crippen LogP contribution in [-0.2, 0) is 19.4 Å². The minimum atomic E-state index is 0.618. The average molecular weight is 237 g/mol. The Labute approximate surface area is 98.3 Å². The fourth-order valence-electron chi connectivity index (χ4n) is 1.49. The quantitative estimate of drug-likeness (QED) is 0.834. The first-order valence-corrected chi connectivity index (χ1v) is 6.15. The number of aryl methyl sites for hydroxylation is 3. The zero-order valence-corrected chi connectivity index (χ0v) is 10.1. The summed E-state index contributed by atoms with van der Waals surface area (Å²) in [6.45, 7) is 3.50. The first-order chi connectivity index (χ1) is 7.79. The zero-order valence-electron chi connectivity index (χ0n) is 9.26. The Bertz CT molecular complexity index is 448. The van der Waals surface area contributed by atoms with E-state index in [4.69, 9.17) is 5.73 Å². The number of aromatic nitrogens is 4. The van der Waals surface area contributed by atoms with Gasteiger partial charge in [-0.15, -0.1) is 16.4 Å². The summed E-state index contributed by atoms with van der Waals surface area (Å²) >= 11 is 1.69. The van der Waals surface area contributed by atoms with Crippen molar-refractivity contribution in [3.63, 3.8) is 0 Å². The molecule has 2 N–H and O–H groups in total. The lowest BCUT2D eigenvalue weighted by Gasteiger charge is -1.98. The van der Waals surface area contributed by atoms with Crippen molar-refractivity contribution in [2.24, 2.45) is 5.73 Å². The molecule has 0 spiro atoms. The van der Waals surface area contributed by atoms with E-state index >= 15 is 0 Å². The molecule has 0 fully saturated rings. The van der Waals surface area contributed by atoms with Crippen LogP contribution in [-0.4, -0.2) is 26.5 Å². The van der Waals surface area contributed by atoms with E-state index in [1.54, 1.807) is 11.3 Å². The van der Waals surface area contributed by atoms with Gasteiger partial charge in [0.1, 0.15) is 0 Å². The number of nitrogens with zero attached hydrogens (tertiary/aromatic N) is 4. The lowest BCUT2D eigenvalue weighted by atomic mass is 10.3. The molecule has 2 aromatic heterocycles. The van der Waals surface area contributed by atoms with Gasteiger partial charge >= 0.3 is 0 Å². The Kier molecular flexibility index (Phi) is 3.63. The highest BCUT2D eigenvalue weighted by atomic mass is 32.1. The van der Waals surface area contributed by atoms with Crippen LogP contribution in [0.25, 0.3) is 0 Å². The van der Waals surface area contributed by atoms with Gasteiger partial charge in [-0.2, -0.15) is 0 Å². The molecule has 2 rings (SSSR count). The molecule has 0 unspecified atom stereocenters. The third kappa shape index (κ3) is 2.65. The van der Waals surface area contributed by atoms with Gasteiger partial charge in [-0.3, -0.25) is 4.68 Å². The van der Waals surface area contributed by atoms with E-state index in [1.165, 1.54) is 4.88 Å². The largest absolute Gasteiger partial charge is 0.330 e. The summed E-state index contributed by atoms with van der Waals surface area (Å²) in [5, 5.41) is 8.11. The van der Waals surface area contributed by atoms with E-state index in [-0.39, 0.29) is 0 Å². The monoisotopic (exact) mass is 237 g/mol. The molecule has 2 heterocycles. The highest BCUT2D eigenvalue weighted by molar-refractivity contribution is 7.09. The van der Waals surface area contributed by atoms with Crippen molar-refractivity contribution >= 4 is 11.3 Å². The van der Waals surface area contributed by atoms with Gasteiger partial charge in [0.2, 0.25) is 0 Å². The smallest absolute Gasteiger partial charge is 0.0839 e. The van der Waals surface area contributed by atoms with Crippen molar-refractivity contribution in [3.05, 3.63) is 28.0 Å².